The minimum Gasteiger partial charge on any atom is -0.444 e. The van der Waals surface area contributed by atoms with E-state index in [4.69, 9.17) is 4.74 Å². The number of nitrogens with zero attached hydrogens (tertiary/aromatic N) is 1. The van der Waals surface area contributed by atoms with Crippen LogP contribution >= 0.6 is 0 Å². The van der Waals surface area contributed by atoms with Gasteiger partial charge in [0.05, 0.1) is 0 Å². The molecule has 0 aliphatic heterocycles. The maximum Gasteiger partial charge on any atom is 0.410 e. The molecule has 0 aromatic heterocycles. The number of benzene rings is 1. The zero-order chi connectivity index (χ0) is 17.6. The van der Waals surface area contributed by atoms with Crippen LogP contribution in [0.1, 0.15) is 46.2 Å². The molecule has 6 heteroatoms. The van der Waals surface area contributed by atoms with Gasteiger partial charge in [-0.1, -0.05) is 0 Å². The number of amides is 1. The number of rotatable bonds is 6. The van der Waals surface area contributed by atoms with Gasteiger partial charge in [0.1, 0.15) is 17.2 Å². The van der Waals surface area contributed by atoms with E-state index in [-0.39, 0.29) is 17.7 Å². The van der Waals surface area contributed by atoms with Crippen molar-refractivity contribution in [2.45, 2.75) is 46.3 Å². The lowest BCUT2D eigenvalue weighted by Gasteiger charge is -2.27. The molecule has 0 radical (unpaired) electrons. The summed E-state index contributed by atoms with van der Waals surface area (Å²) < 4.78 is 32.2. The van der Waals surface area contributed by atoms with Gasteiger partial charge in [0, 0.05) is 31.2 Å². The average Bonchev–Trinajstić information content (AvgIpc) is 2.44. The molecule has 0 bridgehead atoms. The summed E-state index contributed by atoms with van der Waals surface area (Å²) in [6, 6.07) is 3.02. The van der Waals surface area contributed by atoms with Gasteiger partial charge in [0.15, 0.2) is 0 Å². The fourth-order valence-corrected chi connectivity index (χ4v) is 2.08. The van der Waals surface area contributed by atoms with Gasteiger partial charge < -0.3 is 15.0 Å². The average molecular weight is 328 g/mol. The van der Waals surface area contributed by atoms with Crippen LogP contribution in [0, 0.1) is 11.6 Å². The first kappa shape index (κ1) is 19.4. The summed E-state index contributed by atoms with van der Waals surface area (Å²) in [4.78, 5) is 13.6. The molecule has 130 valence electrons. The van der Waals surface area contributed by atoms with Crippen LogP contribution in [-0.4, -0.2) is 36.2 Å². The monoisotopic (exact) mass is 328 g/mol. The van der Waals surface area contributed by atoms with Gasteiger partial charge in [0.25, 0.3) is 0 Å². The molecule has 0 fully saturated rings. The molecule has 0 heterocycles. The summed E-state index contributed by atoms with van der Waals surface area (Å²) in [5.41, 5.74) is -0.277. The molecular weight excluding hydrogens is 302 g/mol. The van der Waals surface area contributed by atoms with E-state index in [1.165, 1.54) is 6.07 Å². The van der Waals surface area contributed by atoms with E-state index in [0.717, 1.165) is 12.1 Å². The highest BCUT2D eigenvalue weighted by molar-refractivity contribution is 5.68. The van der Waals surface area contributed by atoms with Crippen molar-refractivity contribution in [1.29, 1.82) is 0 Å². The van der Waals surface area contributed by atoms with Gasteiger partial charge in [-0.25, -0.2) is 13.6 Å². The van der Waals surface area contributed by atoms with Crippen molar-refractivity contribution in [3.63, 3.8) is 0 Å². The highest BCUT2D eigenvalue weighted by atomic mass is 19.1. The molecule has 1 N–H and O–H groups in total. The van der Waals surface area contributed by atoms with Crippen LogP contribution in [0.5, 0.6) is 0 Å². The normalized spacial score (nSPS) is 12.8. The molecule has 1 unspecified atom stereocenters. The first-order valence-electron chi connectivity index (χ1n) is 7.80. The van der Waals surface area contributed by atoms with E-state index in [1.54, 1.807) is 11.8 Å². The summed E-state index contributed by atoms with van der Waals surface area (Å²) in [5, 5.41) is 3.09. The van der Waals surface area contributed by atoms with E-state index < -0.39 is 17.2 Å². The van der Waals surface area contributed by atoms with E-state index >= 15 is 0 Å². The Morgan fingerprint density at radius 2 is 2.00 bits per heavy atom. The van der Waals surface area contributed by atoms with Crippen LogP contribution < -0.4 is 5.32 Å². The van der Waals surface area contributed by atoms with E-state index in [9.17, 15) is 13.6 Å². The topological polar surface area (TPSA) is 41.6 Å². The van der Waals surface area contributed by atoms with Crippen LogP contribution in [0.2, 0.25) is 0 Å². The molecular formula is C17H26F2N2O2. The van der Waals surface area contributed by atoms with Crippen LogP contribution in [0.25, 0.3) is 0 Å². The Labute approximate surface area is 136 Å². The molecule has 0 aliphatic rings. The Balaban J connectivity index is 2.54. The molecule has 23 heavy (non-hydrogen) atoms. The standard InChI is InChI=1S/C17H26F2N2O2/c1-6-21(16(22)23-17(3,4)5)10-9-20-12(2)14-11-13(18)7-8-15(14)19/h7-8,11-12,20H,6,9-10H2,1-5H3. The molecule has 0 saturated carbocycles. The number of carbonyl (C=O) groups excluding carboxylic acids is 1. The van der Waals surface area contributed by atoms with Gasteiger partial charge in [0.2, 0.25) is 0 Å². The molecule has 1 atom stereocenters. The molecule has 1 aromatic rings. The minimum absolute atomic E-state index is 0.269. The summed E-state index contributed by atoms with van der Waals surface area (Å²) in [5.74, 6) is -0.926. The first-order chi connectivity index (χ1) is 10.6. The van der Waals surface area contributed by atoms with Crippen molar-refractivity contribution in [2.75, 3.05) is 19.6 Å². The number of nitrogens with one attached hydrogen (secondary N) is 1. The van der Waals surface area contributed by atoms with Crippen molar-refractivity contribution < 1.29 is 18.3 Å². The largest absolute Gasteiger partial charge is 0.444 e. The second-order valence-corrected chi connectivity index (χ2v) is 6.40. The first-order valence-corrected chi connectivity index (χ1v) is 7.80. The number of carbonyl (C=O) groups is 1. The van der Waals surface area contributed by atoms with Crippen molar-refractivity contribution in [1.82, 2.24) is 10.2 Å². The Bertz CT molecular complexity index is 530. The molecule has 4 nitrogen and oxygen atoms in total. The molecule has 0 saturated heterocycles. The van der Waals surface area contributed by atoms with Crippen molar-refractivity contribution >= 4 is 6.09 Å². The molecule has 1 aromatic carbocycles. The smallest absolute Gasteiger partial charge is 0.410 e. The lowest BCUT2D eigenvalue weighted by Crippen LogP contribution is -2.40. The van der Waals surface area contributed by atoms with Gasteiger partial charge >= 0.3 is 6.09 Å². The van der Waals surface area contributed by atoms with Crippen LogP contribution in [0.3, 0.4) is 0 Å². The summed E-state index contributed by atoms with van der Waals surface area (Å²) in [6.07, 6.45) is -0.383. The van der Waals surface area contributed by atoms with Crippen molar-refractivity contribution in [3.8, 4) is 0 Å². The predicted octanol–water partition coefficient (Wildman–Crippen LogP) is 3.87. The van der Waals surface area contributed by atoms with Crippen molar-refractivity contribution in [3.05, 3.63) is 35.4 Å². The maximum absolute atomic E-state index is 13.7. The highest BCUT2D eigenvalue weighted by Crippen LogP contribution is 2.17. The Morgan fingerprint density at radius 3 is 2.57 bits per heavy atom. The summed E-state index contributed by atoms with van der Waals surface area (Å²) >= 11 is 0. The SMILES string of the molecule is CCN(CCNC(C)c1cc(F)ccc1F)C(=O)OC(C)(C)C. The van der Waals surface area contributed by atoms with E-state index in [1.807, 2.05) is 27.7 Å². The third-order valence-electron chi connectivity index (χ3n) is 3.29. The lowest BCUT2D eigenvalue weighted by molar-refractivity contribution is 0.0261. The van der Waals surface area contributed by atoms with Crippen molar-refractivity contribution in [2.24, 2.45) is 0 Å². The van der Waals surface area contributed by atoms with Gasteiger partial charge in [-0.3, -0.25) is 0 Å². The third-order valence-corrected chi connectivity index (χ3v) is 3.29. The summed E-state index contributed by atoms with van der Waals surface area (Å²) in [6.45, 7) is 10.4. The zero-order valence-electron chi connectivity index (χ0n) is 14.5. The Kier molecular flexibility index (Phi) is 6.94. The van der Waals surface area contributed by atoms with E-state index in [2.05, 4.69) is 5.32 Å². The van der Waals surface area contributed by atoms with Gasteiger partial charge in [-0.05, 0) is 52.8 Å². The van der Waals surface area contributed by atoms with Crippen LogP contribution in [-0.2, 0) is 4.74 Å². The Hall–Kier alpha value is -1.69. The third kappa shape index (κ3) is 6.52. The number of likely N-dealkylation sites (N-methyl/N-ethyl adjacent to an activating group) is 1. The number of hydrogen-bond acceptors (Lipinski definition) is 3. The Morgan fingerprint density at radius 1 is 1.35 bits per heavy atom. The second kappa shape index (κ2) is 8.24. The number of ether oxygens (including phenoxy) is 1. The number of halogens is 2. The molecule has 1 amide bonds. The minimum atomic E-state index is -0.546. The lowest BCUT2D eigenvalue weighted by atomic mass is 10.1. The fourth-order valence-electron chi connectivity index (χ4n) is 2.08. The highest BCUT2D eigenvalue weighted by Gasteiger charge is 2.21. The van der Waals surface area contributed by atoms with Crippen LogP contribution in [0.15, 0.2) is 18.2 Å². The van der Waals surface area contributed by atoms with Gasteiger partial charge in [-0.15, -0.1) is 0 Å². The van der Waals surface area contributed by atoms with Gasteiger partial charge in [-0.2, -0.15) is 0 Å². The summed E-state index contributed by atoms with van der Waals surface area (Å²) in [7, 11) is 0. The molecule has 1 rings (SSSR count). The van der Waals surface area contributed by atoms with E-state index in [0.29, 0.717) is 19.6 Å². The second-order valence-electron chi connectivity index (χ2n) is 6.40. The quantitative estimate of drug-likeness (QED) is 0.862. The molecule has 0 spiro atoms. The molecule has 0 aliphatic carbocycles. The fraction of sp³-hybridized carbons (Fsp3) is 0.588. The predicted molar refractivity (Wildman–Crippen MR) is 86.3 cm³/mol. The maximum atomic E-state index is 13.7. The number of hydrogen-bond donors (Lipinski definition) is 1. The van der Waals surface area contributed by atoms with Crippen LogP contribution in [0.4, 0.5) is 13.6 Å². The zero-order valence-corrected chi connectivity index (χ0v) is 14.5.